The number of urea groups is 1. The normalized spacial score (nSPS) is 17.0. The second kappa shape index (κ2) is 10.0. The van der Waals surface area contributed by atoms with Crippen LogP contribution >= 0.6 is 0 Å². The Balaban J connectivity index is 1.62. The Labute approximate surface area is 177 Å². The summed E-state index contributed by atoms with van der Waals surface area (Å²) in [5, 5.41) is 5.96. The van der Waals surface area contributed by atoms with Crippen LogP contribution in [0.4, 0.5) is 10.5 Å². The van der Waals surface area contributed by atoms with Crippen molar-refractivity contribution >= 4 is 17.6 Å². The molecule has 3 rings (SSSR count). The highest BCUT2D eigenvalue weighted by atomic mass is 16.5. The van der Waals surface area contributed by atoms with Crippen molar-refractivity contribution in [3.05, 3.63) is 54.1 Å². The number of nitrogens with one attached hydrogen (secondary N) is 2. The van der Waals surface area contributed by atoms with Gasteiger partial charge in [-0.1, -0.05) is 18.2 Å². The number of likely N-dealkylation sites (tertiary alicyclic amines) is 1. The maximum Gasteiger partial charge on any atom is 0.321 e. The van der Waals surface area contributed by atoms with Crippen LogP contribution in [0.1, 0.15) is 31.4 Å². The number of nitrogens with zero attached hydrogens (tertiary/aromatic N) is 1. The quantitative estimate of drug-likeness (QED) is 0.757. The second-order valence-corrected chi connectivity index (χ2v) is 7.42. The molecule has 160 valence electrons. The summed E-state index contributed by atoms with van der Waals surface area (Å²) in [6.45, 7) is 2.95. The van der Waals surface area contributed by atoms with Crippen molar-refractivity contribution < 1.29 is 19.1 Å². The summed E-state index contributed by atoms with van der Waals surface area (Å²) in [6, 6.07) is 14.4. The number of ether oxygens (including phenoxy) is 2. The van der Waals surface area contributed by atoms with Crippen molar-refractivity contribution in [1.82, 2.24) is 10.2 Å². The molecule has 1 aliphatic rings. The number of carbonyl (C=O) groups excluding carboxylic acids is 2. The van der Waals surface area contributed by atoms with Gasteiger partial charge in [-0.25, -0.2) is 4.79 Å². The van der Waals surface area contributed by atoms with E-state index < -0.39 is 0 Å². The lowest BCUT2D eigenvalue weighted by Crippen LogP contribution is -2.47. The molecule has 1 saturated heterocycles. The highest BCUT2D eigenvalue weighted by molar-refractivity contribution is 5.90. The van der Waals surface area contributed by atoms with Crippen LogP contribution in [0.5, 0.6) is 11.5 Å². The van der Waals surface area contributed by atoms with E-state index in [2.05, 4.69) is 10.6 Å². The van der Waals surface area contributed by atoms with Gasteiger partial charge < -0.3 is 25.0 Å². The third-order valence-corrected chi connectivity index (χ3v) is 5.37. The van der Waals surface area contributed by atoms with Crippen LogP contribution in [0.25, 0.3) is 0 Å². The van der Waals surface area contributed by atoms with Crippen LogP contribution in [-0.4, -0.2) is 44.1 Å². The zero-order valence-electron chi connectivity index (χ0n) is 17.7. The number of methoxy groups -OCH3 is 2. The lowest BCUT2D eigenvalue weighted by atomic mass is 9.96. The molecule has 1 heterocycles. The third-order valence-electron chi connectivity index (χ3n) is 5.37. The van der Waals surface area contributed by atoms with Gasteiger partial charge in [0.05, 0.1) is 26.2 Å². The van der Waals surface area contributed by atoms with Crippen molar-refractivity contribution in [2.24, 2.45) is 5.92 Å². The largest absolute Gasteiger partial charge is 0.497 e. The van der Waals surface area contributed by atoms with Crippen LogP contribution in [-0.2, 0) is 4.79 Å². The maximum absolute atomic E-state index is 12.9. The SMILES string of the molecule is COc1ccc(OC)c([C@@H](C)NC(=O)[C@@H]2CCCN(C(=O)Nc3ccccc3)C2)c1. The summed E-state index contributed by atoms with van der Waals surface area (Å²) in [6.07, 6.45) is 1.54. The van der Waals surface area contributed by atoms with E-state index in [9.17, 15) is 9.59 Å². The molecule has 3 amide bonds. The van der Waals surface area contributed by atoms with Crippen molar-refractivity contribution in [1.29, 1.82) is 0 Å². The molecule has 1 fully saturated rings. The van der Waals surface area contributed by atoms with Gasteiger partial charge in [-0.05, 0) is 50.1 Å². The predicted molar refractivity (Wildman–Crippen MR) is 116 cm³/mol. The summed E-state index contributed by atoms with van der Waals surface area (Å²) in [5.41, 5.74) is 1.59. The van der Waals surface area contributed by atoms with Gasteiger partial charge in [-0.15, -0.1) is 0 Å². The van der Waals surface area contributed by atoms with Gasteiger partial charge in [0.15, 0.2) is 0 Å². The zero-order chi connectivity index (χ0) is 21.5. The van der Waals surface area contributed by atoms with E-state index in [1.165, 1.54) is 0 Å². The number of benzene rings is 2. The van der Waals surface area contributed by atoms with E-state index in [0.29, 0.717) is 24.6 Å². The van der Waals surface area contributed by atoms with Gasteiger partial charge in [0.25, 0.3) is 0 Å². The molecule has 30 heavy (non-hydrogen) atoms. The van der Waals surface area contributed by atoms with Crippen LogP contribution in [0.15, 0.2) is 48.5 Å². The van der Waals surface area contributed by atoms with Crippen LogP contribution < -0.4 is 20.1 Å². The lowest BCUT2D eigenvalue weighted by molar-refractivity contribution is -0.126. The Morgan fingerprint density at radius 3 is 2.57 bits per heavy atom. The number of hydrogen-bond donors (Lipinski definition) is 2. The molecule has 2 aromatic rings. The Morgan fingerprint density at radius 2 is 1.87 bits per heavy atom. The van der Waals surface area contributed by atoms with Crippen molar-refractivity contribution in [3.63, 3.8) is 0 Å². The summed E-state index contributed by atoms with van der Waals surface area (Å²) in [4.78, 5) is 27.2. The van der Waals surface area contributed by atoms with E-state index in [-0.39, 0.29) is 23.9 Å². The molecule has 1 aliphatic heterocycles. The molecule has 0 unspecified atom stereocenters. The predicted octanol–water partition coefficient (Wildman–Crippen LogP) is 3.83. The molecule has 0 bridgehead atoms. The smallest absolute Gasteiger partial charge is 0.321 e. The number of carbonyl (C=O) groups is 2. The number of piperidine rings is 1. The Bertz CT molecular complexity index is 872. The minimum absolute atomic E-state index is 0.0652. The number of rotatable bonds is 6. The number of amides is 3. The van der Waals surface area contributed by atoms with E-state index >= 15 is 0 Å². The van der Waals surface area contributed by atoms with E-state index in [4.69, 9.17) is 9.47 Å². The number of anilines is 1. The fourth-order valence-corrected chi connectivity index (χ4v) is 3.69. The summed E-state index contributed by atoms with van der Waals surface area (Å²) >= 11 is 0. The topological polar surface area (TPSA) is 79.9 Å². The first kappa shape index (κ1) is 21.5. The van der Waals surface area contributed by atoms with Crippen molar-refractivity contribution in [3.8, 4) is 11.5 Å². The van der Waals surface area contributed by atoms with E-state index in [0.717, 1.165) is 24.1 Å². The Kier molecular flexibility index (Phi) is 7.17. The Morgan fingerprint density at radius 1 is 1.10 bits per heavy atom. The molecule has 0 aromatic heterocycles. The molecular weight excluding hydrogens is 382 g/mol. The van der Waals surface area contributed by atoms with Crippen LogP contribution in [0.2, 0.25) is 0 Å². The zero-order valence-corrected chi connectivity index (χ0v) is 17.7. The molecule has 0 aliphatic carbocycles. The van der Waals surface area contributed by atoms with Gasteiger partial charge in [-0.2, -0.15) is 0 Å². The van der Waals surface area contributed by atoms with Gasteiger partial charge >= 0.3 is 6.03 Å². The molecule has 0 saturated carbocycles. The highest BCUT2D eigenvalue weighted by Crippen LogP contribution is 2.30. The monoisotopic (exact) mass is 411 g/mol. The summed E-state index contributed by atoms with van der Waals surface area (Å²) in [5.74, 6) is 1.08. The van der Waals surface area contributed by atoms with Crippen molar-refractivity contribution in [2.75, 3.05) is 32.6 Å². The van der Waals surface area contributed by atoms with Gasteiger partial charge in [0.2, 0.25) is 5.91 Å². The molecule has 7 heteroatoms. The summed E-state index contributed by atoms with van der Waals surface area (Å²) in [7, 11) is 3.20. The maximum atomic E-state index is 12.9. The first-order valence-electron chi connectivity index (χ1n) is 10.1. The average molecular weight is 412 g/mol. The molecule has 7 nitrogen and oxygen atoms in total. The third kappa shape index (κ3) is 5.23. The van der Waals surface area contributed by atoms with Gasteiger partial charge in [0, 0.05) is 24.3 Å². The second-order valence-electron chi connectivity index (χ2n) is 7.42. The fraction of sp³-hybridized carbons (Fsp3) is 0.391. The minimum Gasteiger partial charge on any atom is -0.497 e. The average Bonchev–Trinajstić information content (AvgIpc) is 2.79. The van der Waals surface area contributed by atoms with Crippen molar-refractivity contribution in [2.45, 2.75) is 25.8 Å². The van der Waals surface area contributed by atoms with E-state index in [1.807, 2.05) is 55.5 Å². The van der Waals surface area contributed by atoms with Gasteiger partial charge in [0.1, 0.15) is 11.5 Å². The van der Waals surface area contributed by atoms with Crippen LogP contribution in [0.3, 0.4) is 0 Å². The standard InChI is InChI=1S/C23H29N3O4/c1-16(20-14-19(29-2)11-12-21(20)30-3)24-22(27)17-8-7-13-26(15-17)23(28)25-18-9-5-4-6-10-18/h4-6,9-12,14,16-17H,7-8,13,15H2,1-3H3,(H,24,27)(H,25,28)/t16-,17-/m1/s1. The number of para-hydroxylation sites is 1. The minimum atomic E-state index is -0.254. The molecule has 2 N–H and O–H groups in total. The fourth-order valence-electron chi connectivity index (χ4n) is 3.69. The van der Waals surface area contributed by atoms with E-state index in [1.54, 1.807) is 19.1 Å². The first-order valence-corrected chi connectivity index (χ1v) is 10.1. The first-order chi connectivity index (χ1) is 14.5. The number of hydrogen-bond acceptors (Lipinski definition) is 4. The Hall–Kier alpha value is -3.22. The van der Waals surface area contributed by atoms with Crippen LogP contribution in [0, 0.1) is 5.92 Å². The molecule has 0 radical (unpaired) electrons. The molecule has 0 spiro atoms. The summed E-state index contributed by atoms with van der Waals surface area (Å²) < 4.78 is 10.7. The molecular formula is C23H29N3O4. The molecule has 2 aromatic carbocycles. The molecule has 2 atom stereocenters. The lowest BCUT2D eigenvalue weighted by Gasteiger charge is -2.32. The van der Waals surface area contributed by atoms with Gasteiger partial charge in [-0.3, -0.25) is 4.79 Å². The highest BCUT2D eigenvalue weighted by Gasteiger charge is 2.29.